The molecule has 6 aromatic rings. The molecule has 0 spiro atoms. The average molecular weight is 580 g/mol. The summed E-state index contributed by atoms with van der Waals surface area (Å²) in [5.74, 6) is 0. The summed E-state index contributed by atoms with van der Waals surface area (Å²) in [6, 6.07) is 39.1. The second-order valence-corrected chi connectivity index (χ2v) is 10.1. The van der Waals surface area contributed by atoms with Gasteiger partial charge in [-0.25, -0.2) is 4.68 Å². The molecular formula is C30H23Cl2FeN5. The van der Waals surface area contributed by atoms with Gasteiger partial charge in [-0.3, -0.25) is 9.67 Å². The zero-order chi connectivity index (χ0) is 26.2. The Morgan fingerprint density at radius 3 is 1.89 bits per heavy atom. The fraction of sp³-hybridized carbons (Fsp3) is 0.0333. The van der Waals surface area contributed by atoms with Crippen molar-refractivity contribution in [3.63, 3.8) is 0 Å². The van der Waals surface area contributed by atoms with Gasteiger partial charge in [-0.05, 0) is 30.3 Å². The summed E-state index contributed by atoms with van der Waals surface area (Å²) in [4.78, 5) is 4.47. The summed E-state index contributed by atoms with van der Waals surface area (Å²) in [6.07, 6.45) is 3.67. The molecule has 0 radical (unpaired) electrons. The molecule has 0 fully saturated rings. The van der Waals surface area contributed by atoms with Crippen molar-refractivity contribution in [1.82, 2.24) is 19.4 Å². The SMILES string of the molecule is C(=N\n1c(-c2ccccc2)ccc1-c1ccccc1)/c1nn(Cc2ccccn2)c2ccccc12.[Cl][Fe][Cl]. The third-order valence-corrected chi connectivity index (χ3v) is 6.01. The molecule has 0 aliphatic rings. The quantitative estimate of drug-likeness (QED) is 0.149. The standard InChI is InChI=1S/C30H23N5.2ClH.Fe/c1-3-11-23(12-4-1)28-18-19-29(24-13-5-2-6-14-24)35(28)32-21-27-26-16-7-8-17-30(26)34(33-27)22-25-15-9-10-20-31-25;;;/h1-21H,22H2;2*1H;/q;;;+2/p-2/b32-21+;;;. The second kappa shape index (κ2) is 12.7. The Morgan fingerprint density at radius 1 is 0.711 bits per heavy atom. The van der Waals surface area contributed by atoms with Crippen molar-refractivity contribution in [2.75, 3.05) is 0 Å². The maximum absolute atomic E-state index is 4.96. The van der Waals surface area contributed by atoms with Gasteiger partial charge in [-0.1, -0.05) is 84.9 Å². The molecule has 190 valence electrons. The maximum atomic E-state index is 4.96. The van der Waals surface area contributed by atoms with Crippen molar-refractivity contribution in [3.8, 4) is 22.5 Å². The summed E-state index contributed by atoms with van der Waals surface area (Å²) in [5, 5.41) is 10.9. The van der Waals surface area contributed by atoms with Crippen molar-refractivity contribution in [1.29, 1.82) is 0 Å². The van der Waals surface area contributed by atoms with Crippen LogP contribution < -0.4 is 0 Å². The molecule has 8 heteroatoms. The van der Waals surface area contributed by atoms with Crippen molar-refractivity contribution >= 4 is 37.3 Å². The van der Waals surface area contributed by atoms with Crippen LogP contribution in [0, 0.1) is 0 Å². The van der Waals surface area contributed by atoms with Crippen LogP contribution in [0.25, 0.3) is 33.4 Å². The van der Waals surface area contributed by atoms with Crippen molar-refractivity contribution in [2.45, 2.75) is 6.54 Å². The number of rotatable bonds is 6. The zero-order valence-corrected chi connectivity index (χ0v) is 22.8. The molecule has 0 amide bonds. The van der Waals surface area contributed by atoms with Gasteiger partial charge in [0.25, 0.3) is 0 Å². The van der Waals surface area contributed by atoms with E-state index in [2.05, 4.69) is 53.5 Å². The first-order chi connectivity index (χ1) is 18.8. The number of nitrogens with zero attached hydrogens (tertiary/aromatic N) is 5. The number of pyridine rings is 1. The Morgan fingerprint density at radius 2 is 1.29 bits per heavy atom. The van der Waals surface area contributed by atoms with E-state index in [-0.39, 0.29) is 13.1 Å². The second-order valence-electron chi connectivity index (χ2n) is 8.32. The Kier molecular flexibility index (Phi) is 8.69. The fourth-order valence-corrected chi connectivity index (χ4v) is 4.33. The number of benzene rings is 3. The van der Waals surface area contributed by atoms with Gasteiger partial charge in [0.2, 0.25) is 0 Å². The van der Waals surface area contributed by atoms with Crippen LogP contribution in [0.5, 0.6) is 0 Å². The molecule has 0 saturated carbocycles. The Bertz CT molecular complexity index is 1570. The predicted molar refractivity (Wildman–Crippen MR) is 153 cm³/mol. The van der Waals surface area contributed by atoms with Gasteiger partial charge < -0.3 is 0 Å². The molecule has 0 bridgehead atoms. The van der Waals surface area contributed by atoms with Crippen molar-refractivity contribution in [2.24, 2.45) is 5.10 Å². The molecule has 0 unspecified atom stereocenters. The zero-order valence-electron chi connectivity index (χ0n) is 20.2. The van der Waals surface area contributed by atoms with E-state index in [0.717, 1.165) is 44.8 Å². The topological polar surface area (TPSA) is 48.0 Å². The third kappa shape index (κ3) is 5.90. The van der Waals surface area contributed by atoms with Crippen LogP contribution in [0.15, 0.2) is 127 Å². The summed E-state index contributed by atoms with van der Waals surface area (Å²) >= 11 is 0.194. The molecule has 0 atom stereocenters. The molecule has 5 nitrogen and oxygen atoms in total. The molecular weight excluding hydrogens is 557 g/mol. The summed E-state index contributed by atoms with van der Waals surface area (Å²) in [7, 11) is 9.53. The molecule has 0 saturated heterocycles. The Hall–Kier alpha value is -3.67. The number of hydrogen-bond acceptors (Lipinski definition) is 3. The average Bonchev–Trinajstić information content (AvgIpc) is 3.55. The number of halogens is 2. The van der Waals surface area contributed by atoms with Crippen molar-refractivity contribution in [3.05, 3.63) is 133 Å². The number of para-hydroxylation sites is 1. The Labute approximate surface area is 236 Å². The number of fused-ring (bicyclic) bond motifs is 1. The van der Waals surface area contributed by atoms with E-state index < -0.39 is 0 Å². The number of hydrogen-bond donors (Lipinski definition) is 0. The molecule has 0 N–H and O–H groups in total. The van der Waals surface area contributed by atoms with E-state index >= 15 is 0 Å². The van der Waals surface area contributed by atoms with E-state index in [1.807, 2.05) is 88.5 Å². The summed E-state index contributed by atoms with van der Waals surface area (Å²) in [5.41, 5.74) is 7.11. The normalized spacial score (nSPS) is 11.1. The monoisotopic (exact) mass is 579 g/mol. The van der Waals surface area contributed by atoms with Gasteiger partial charge in [0.05, 0.1) is 35.4 Å². The van der Waals surface area contributed by atoms with E-state index in [1.54, 1.807) is 0 Å². The molecule has 3 aromatic carbocycles. The van der Waals surface area contributed by atoms with Gasteiger partial charge in [0.15, 0.2) is 0 Å². The molecule has 0 aliphatic carbocycles. The third-order valence-electron chi connectivity index (χ3n) is 6.01. The first-order valence-corrected chi connectivity index (χ1v) is 14.9. The van der Waals surface area contributed by atoms with Gasteiger partial charge >= 0.3 is 33.3 Å². The van der Waals surface area contributed by atoms with E-state index in [4.69, 9.17) is 30.4 Å². The molecule has 6 rings (SSSR count). The first kappa shape index (κ1) is 26.0. The molecule has 3 aromatic heterocycles. The number of aromatic nitrogens is 4. The molecule has 0 aliphatic heterocycles. The van der Waals surface area contributed by atoms with Gasteiger partial charge in [-0.15, -0.1) is 0 Å². The van der Waals surface area contributed by atoms with Crippen LogP contribution in [-0.4, -0.2) is 25.7 Å². The summed E-state index contributed by atoms with van der Waals surface area (Å²) < 4.78 is 3.99. The van der Waals surface area contributed by atoms with E-state index in [1.165, 1.54) is 0 Å². The van der Waals surface area contributed by atoms with E-state index in [0.29, 0.717) is 6.54 Å². The summed E-state index contributed by atoms with van der Waals surface area (Å²) in [6.45, 7) is 0.600. The Balaban J connectivity index is 0.000000937. The molecule has 3 heterocycles. The minimum absolute atomic E-state index is 0.194. The van der Waals surface area contributed by atoms with E-state index in [9.17, 15) is 0 Å². The fourth-order valence-electron chi connectivity index (χ4n) is 4.33. The van der Waals surface area contributed by atoms with Gasteiger partial charge in [0, 0.05) is 22.7 Å². The van der Waals surface area contributed by atoms with Crippen LogP contribution in [0.3, 0.4) is 0 Å². The first-order valence-electron chi connectivity index (χ1n) is 11.9. The predicted octanol–water partition coefficient (Wildman–Crippen LogP) is 7.87. The van der Waals surface area contributed by atoms with Crippen LogP contribution in [0.1, 0.15) is 11.4 Å². The van der Waals surface area contributed by atoms with Crippen LogP contribution in [0.4, 0.5) is 0 Å². The van der Waals surface area contributed by atoms with Gasteiger partial charge in [0.1, 0.15) is 5.69 Å². The van der Waals surface area contributed by atoms with Crippen molar-refractivity contribution < 1.29 is 13.1 Å². The van der Waals surface area contributed by atoms with Crippen LogP contribution in [-0.2, 0) is 19.7 Å². The molecule has 38 heavy (non-hydrogen) atoms. The van der Waals surface area contributed by atoms with Crippen LogP contribution in [0.2, 0.25) is 0 Å². The van der Waals surface area contributed by atoms with Gasteiger partial charge in [-0.2, -0.15) is 10.2 Å². The minimum atomic E-state index is 0.194. The van der Waals surface area contributed by atoms with Crippen LogP contribution >= 0.6 is 20.2 Å².